The van der Waals surface area contributed by atoms with E-state index in [0.717, 1.165) is 17.5 Å². The largest absolute Gasteiger partial charge is 0.450 e. The normalized spacial score (nSPS) is 14.1. The third-order valence-corrected chi connectivity index (χ3v) is 4.57. The number of aryl methyl sites for hydroxylation is 1. The first kappa shape index (κ1) is 18.8. The minimum atomic E-state index is -0.320. The van der Waals surface area contributed by atoms with Gasteiger partial charge in [0.25, 0.3) is 5.91 Å². The number of ether oxygens (including phenoxy) is 1. The molecule has 1 aliphatic heterocycles. The standard InChI is InChI=1S/C20H24N4O3/c1-3-15-13-21-18(22-14-15)16-6-5-7-17(12-16)19(25)23-8-10-24(11-9-23)20(26)27-4-2/h5-7,12-14H,3-4,8-11H2,1-2H3. The van der Waals surface area contributed by atoms with Gasteiger partial charge in [-0.1, -0.05) is 19.1 Å². The van der Waals surface area contributed by atoms with Crippen LogP contribution in [0, 0.1) is 0 Å². The Morgan fingerprint density at radius 2 is 1.70 bits per heavy atom. The van der Waals surface area contributed by atoms with Crippen molar-refractivity contribution < 1.29 is 14.3 Å². The van der Waals surface area contributed by atoms with E-state index in [1.54, 1.807) is 22.8 Å². The molecule has 1 aliphatic rings. The van der Waals surface area contributed by atoms with Crippen molar-refractivity contribution in [1.29, 1.82) is 0 Å². The van der Waals surface area contributed by atoms with Crippen molar-refractivity contribution in [3.8, 4) is 11.4 Å². The maximum absolute atomic E-state index is 12.8. The van der Waals surface area contributed by atoms with Crippen LogP contribution < -0.4 is 0 Å². The van der Waals surface area contributed by atoms with Crippen molar-refractivity contribution in [1.82, 2.24) is 19.8 Å². The van der Waals surface area contributed by atoms with Gasteiger partial charge >= 0.3 is 6.09 Å². The first-order chi connectivity index (χ1) is 13.1. The number of hydrogen-bond donors (Lipinski definition) is 0. The maximum Gasteiger partial charge on any atom is 0.409 e. The van der Waals surface area contributed by atoms with Gasteiger partial charge in [0.15, 0.2) is 5.82 Å². The minimum absolute atomic E-state index is 0.0504. The van der Waals surface area contributed by atoms with Gasteiger partial charge in [0.1, 0.15) is 0 Å². The molecule has 1 fully saturated rings. The molecular weight excluding hydrogens is 344 g/mol. The van der Waals surface area contributed by atoms with Gasteiger partial charge in [-0.2, -0.15) is 0 Å². The molecule has 1 saturated heterocycles. The predicted molar refractivity (Wildman–Crippen MR) is 101 cm³/mol. The predicted octanol–water partition coefficient (Wildman–Crippen LogP) is 2.62. The van der Waals surface area contributed by atoms with Crippen LogP contribution in [0.15, 0.2) is 36.7 Å². The van der Waals surface area contributed by atoms with E-state index in [1.807, 2.05) is 30.6 Å². The van der Waals surface area contributed by atoms with Gasteiger partial charge in [-0.15, -0.1) is 0 Å². The number of piperazine rings is 1. The van der Waals surface area contributed by atoms with Crippen molar-refractivity contribution >= 4 is 12.0 Å². The minimum Gasteiger partial charge on any atom is -0.450 e. The molecule has 27 heavy (non-hydrogen) atoms. The van der Waals surface area contributed by atoms with Gasteiger partial charge < -0.3 is 14.5 Å². The van der Waals surface area contributed by atoms with E-state index < -0.39 is 0 Å². The lowest BCUT2D eigenvalue weighted by molar-refractivity contribution is 0.0570. The topological polar surface area (TPSA) is 75.6 Å². The quantitative estimate of drug-likeness (QED) is 0.829. The number of hydrogen-bond acceptors (Lipinski definition) is 5. The van der Waals surface area contributed by atoms with Crippen molar-refractivity contribution in [2.45, 2.75) is 20.3 Å². The van der Waals surface area contributed by atoms with E-state index in [1.165, 1.54) is 0 Å². The average Bonchev–Trinajstić information content (AvgIpc) is 2.73. The summed E-state index contributed by atoms with van der Waals surface area (Å²) < 4.78 is 5.01. The number of carbonyl (C=O) groups is 2. The monoisotopic (exact) mass is 368 g/mol. The number of carbonyl (C=O) groups excluding carboxylic acids is 2. The molecule has 0 radical (unpaired) electrons. The van der Waals surface area contributed by atoms with E-state index in [2.05, 4.69) is 16.9 Å². The highest BCUT2D eigenvalue weighted by molar-refractivity contribution is 5.95. The van der Waals surface area contributed by atoms with Crippen LogP contribution in [-0.4, -0.2) is 64.6 Å². The molecule has 1 aromatic heterocycles. The molecule has 2 amide bonds. The zero-order valence-electron chi connectivity index (χ0n) is 15.7. The molecule has 2 heterocycles. The number of nitrogens with zero attached hydrogens (tertiary/aromatic N) is 4. The van der Waals surface area contributed by atoms with E-state index >= 15 is 0 Å². The SMILES string of the molecule is CCOC(=O)N1CCN(C(=O)c2cccc(-c3ncc(CC)cn3)c2)CC1. The van der Waals surface area contributed by atoms with Crippen LogP contribution in [-0.2, 0) is 11.2 Å². The number of aromatic nitrogens is 2. The number of amides is 2. The second kappa shape index (κ2) is 8.62. The molecule has 0 unspecified atom stereocenters. The Labute approximate surface area is 159 Å². The van der Waals surface area contributed by atoms with Crippen LogP contribution in [0.5, 0.6) is 0 Å². The summed E-state index contributed by atoms with van der Waals surface area (Å²) in [5, 5.41) is 0. The highest BCUT2D eigenvalue weighted by atomic mass is 16.6. The number of benzene rings is 1. The second-order valence-electron chi connectivity index (χ2n) is 6.33. The summed E-state index contributed by atoms with van der Waals surface area (Å²) in [5.74, 6) is 0.555. The highest BCUT2D eigenvalue weighted by Crippen LogP contribution is 2.18. The molecular formula is C20H24N4O3. The lowest BCUT2D eigenvalue weighted by atomic mass is 10.1. The van der Waals surface area contributed by atoms with E-state index in [9.17, 15) is 9.59 Å². The van der Waals surface area contributed by atoms with Crippen LogP contribution in [0.25, 0.3) is 11.4 Å². The number of rotatable bonds is 4. The first-order valence-electron chi connectivity index (χ1n) is 9.24. The first-order valence-corrected chi connectivity index (χ1v) is 9.24. The van der Waals surface area contributed by atoms with E-state index in [0.29, 0.717) is 44.2 Å². The summed E-state index contributed by atoms with van der Waals surface area (Å²) in [6, 6.07) is 7.36. The lowest BCUT2D eigenvalue weighted by Gasteiger charge is -2.34. The molecule has 2 aromatic rings. The maximum atomic E-state index is 12.8. The fraction of sp³-hybridized carbons (Fsp3) is 0.400. The highest BCUT2D eigenvalue weighted by Gasteiger charge is 2.25. The Hall–Kier alpha value is -2.96. The van der Waals surface area contributed by atoms with Gasteiger partial charge in [0.2, 0.25) is 0 Å². The molecule has 142 valence electrons. The fourth-order valence-corrected chi connectivity index (χ4v) is 2.97. The zero-order chi connectivity index (χ0) is 19.2. The summed E-state index contributed by atoms with van der Waals surface area (Å²) in [6.07, 6.45) is 4.19. The van der Waals surface area contributed by atoms with Crippen LogP contribution in [0.3, 0.4) is 0 Å². The van der Waals surface area contributed by atoms with Crippen molar-refractivity contribution in [2.24, 2.45) is 0 Å². The summed E-state index contributed by atoms with van der Waals surface area (Å²) in [6.45, 7) is 6.13. The van der Waals surface area contributed by atoms with Crippen LogP contribution in [0.2, 0.25) is 0 Å². The molecule has 0 spiro atoms. The van der Waals surface area contributed by atoms with Gasteiger partial charge in [0, 0.05) is 49.7 Å². The van der Waals surface area contributed by atoms with Crippen molar-refractivity contribution in [3.05, 3.63) is 47.8 Å². The molecule has 0 bridgehead atoms. The Morgan fingerprint density at radius 3 is 2.33 bits per heavy atom. The summed E-state index contributed by atoms with van der Waals surface area (Å²) in [4.78, 5) is 36.8. The molecule has 0 aliphatic carbocycles. The van der Waals surface area contributed by atoms with Gasteiger partial charge in [-0.05, 0) is 31.0 Å². The van der Waals surface area contributed by atoms with E-state index in [-0.39, 0.29) is 12.0 Å². The molecule has 1 aromatic carbocycles. The smallest absolute Gasteiger partial charge is 0.409 e. The Bertz CT molecular complexity index is 799. The summed E-state index contributed by atoms with van der Waals surface area (Å²) in [7, 11) is 0. The van der Waals surface area contributed by atoms with Crippen LogP contribution in [0.1, 0.15) is 29.8 Å². The molecule has 3 rings (SSSR count). The molecule has 7 heteroatoms. The molecule has 7 nitrogen and oxygen atoms in total. The third-order valence-electron chi connectivity index (χ3n) is 4.57. The lowest BCUT2D eigenvalue weighted by Crippen LogP contribution is -2.50. The third kappa shape index (κ3) is 4.42. The Morgan fingerprint density at radius 1 is 1.04 bits per heavy atom. The van der Waals surface area contributed by atoms with Crippen LogP contribution >= 0.6 is 0 Å². The molecule has 0 atom stereocenters. The van der Waals surface area contributed by atoms with Gasteiger partial charge in [0.05, 0.1) is 6.61 Å². The Balaban J connectivity index is 1.68. The average molecular weight is 368 g/mol. The van der Waals surface area contributed by atoms with Crippen LogP contribution in [0.4, 0.5) is 4.79 Å². The van der Waals surface area contributed by atoms with Gasteiger partial charge in [-0.25, -0.2) is 14.8 Å². The molecule has 0 saturated carbocycles. The zero-order valence-corrected chi connectivity index (χ0v) is 15.7. The summed E-state index contributed by atoms with van der Waals surface area (Å²) in [5.41, 5.74) is 2.49. The van der Waals surface area contributed by atoms with Crippen molar-refractivity contribution in [2.75, 3.05) is 32.8 Å². The second-order valence-corrected chi connectivity index (χ2v) is 6.33. The summed E-state index contributed by atoms with van der Waals surface area (Å²) >= 11 is 0. The van der Waals surface area contributed by atoms with E-state index in [4.69, 9.17) is 4.74 Å². The molecule has 0 N–H and O–H groups in total. The Kier molecular flexibility index (Phi) is 6.01. The fourth-order valence-electron chi connectivity index (χ4n) is 2.97. The van der Waals surface area contributed by atoms with Crippen molar-refractivity contribution in [3.63, 3.8) is 0 Å². The van der Waals surface area contributed by atoms with Gasteiger partial charge in [-0.3, -0.25) is 4.79 Å².